The fourth-order valence-electron chi connectivity index (χ4n) is 13.9. The minimum absolute atomic E-state index is 0.00720. The first kappa shape index (κ1) is 42.4. The predicted octanol–water partition coefficient (Wildman–Crippen LogP) is 2.26. The number of ether oxygens (including phenoxy) is 4. The third kappa shape index (κ3) is 5.85. The van der Waals surface area contributed by atoms with Crippen LogP contribution in [0, 0.1) is 56.7 Å². The molecule has 20 atom stereocenters. The van der Waals surface area contributed by atoms with Gasteiger partial charge >= 0.3 is 11.9 Å². The van der Waals surface area contributed by atoms with E-state index in [9.17, 15) is 50.4 Å². The van der Waals surface area contributed by atoms with E-state index in [1.54, 1.807) is 6.92 Å². The molecule has 7 aliphatic rings. The van der Waals surface area contributed by atoms with Gasteiger partial charge in [-0.25, -0.2) is 0 Å². The summed E-state index contributed by atoms with van der Waals surface area (Å²) in [5, 5.41) is 84.5. The van der Waals surface area contributed by atoms with Crippen LogP contribution in [0.15, 0.2) is 11.6 Å². The summed E-state index contributed by atoms with van der Waals surface area (Å²) >= 11 is 0. The Balaban J connectivity index is 1.21. The highest BCUT2D eigenvalue weighted by Gasteiger charge is 2.74. The maximum absolute atomic E-state index is 14.6. The Morgan fingerprint density at radius 1 is 0.768 bits per heavy atom. The first-order valence-electron chi connectivity index (χ1n) is 20.9. The monoisotopic (exact) mass is 794 g/mol. The third-order valence-corrected chi connectivity index (χ3v) is 17.3. The summed E-state index contributed by atoms with van der Waals surface area (Å²) < 4.78 is 23.9. The van der Waals surface area contributed by atoms with Gasteiger partial charge in [0.25, 0.3) is 0 Å². The molecule has 7 rings (SSSR count). The van der Waals surface area contributed by atoms with Crippen LogP contribution in [0.25, 0.3) is 0 Å². The number of rotatable bonds is 6. The van der Waals surface area contributed by atoms with Crippen molar-refractivity contribution < 1.29 is 69.4 Å². The van der Waals surface area contributed by atoms with Crippen molar-refractivity contribution in [2.24, 2.45) is 56.7 Å². The van der Waals surface area contributed by atoms with Gasteiger partial charge in [0, 0.05) is 0 Å². The molecule has 14 nitrogen and oxygen atoms in total. The summed E-state index contributed by atoms with van der Waals surface area (Å²) in [6.45, 7) is 14.0. The van der Waals surface area contributed by atoms with Gasteiger partial charge in [0.1, 0.15) is 42.7 Å². The number of hydrogen-bond acceptors (Lipinski definition) is 13. The van der Waals surface area contributed by atoms with Gasteiger partial charge < -0.3 is 59.8 Å². The van der Waals surface area contributed by atoms with E-state index >= 15 is 0 Å². The topological polar surface area (TPSA) is 233 Å². The van der Waals surface area contributed by atoms with Crippen molar-refractivity contribution in [2.45, 2.75) is 174 Å². The van der Waals surface area contributed by atoms with Gasteiger partial charge in [0.15, 0.2) is 6.29 Å². The van der Waals surface area contributed by atoms with E-state index in [0.29, 0.717) is 32.1 Å². The van der Waals surface area contributed by atoms with E-state index < -0.39 is 108 Å². The van der Waals surface area contributed by atoms with Gasteiger partial charge in [0.05, 0.1) is 29.6 Å². The van der Waals surface area contributed by atoms with Crippen molar-refractivity contribution in [3.8, 4) is 0 Å². The number of hydrogen-bond donors (Lipinski definition) is 8. The molecule has 5 aliphatic carbocycles. The first-order valence-corrected chi connectivity index (χ1v) is 20.9. The van der Waals surface area contributed by atoms with Crippen LogP contribution in [-0.2, 0) is 28.5 Å². The number of carbonyl (C=O) groups excluding carboxylic acids is 1. The first-order chi connectivity index (χ1) is 26.1. The molecule has 0 aromatic carbocycles. The SMILES string of the molecule is C[C@@H]1CC[C@]2(C(=O)O[C@@H]3O[C@H](CO)[C@@H](O)[C@H](O)[C@H]3O)CC[C@]3(C(=O)O)C(=CCC4[C@@]5(C)CC[C@H](O[C@@H]6O[C@H](C)[C@@H](O)[C@H](O)[C@H]6O)C(C)(C)C5CC[C@]43C)C2[C@H]1C. The zero-order chi connectivity index (χ0) is 41.1. The average Bonchev–Trinajstić information content (AvgIpc) is 3.14. The molecular formula is C42H66O14. The smallest absolute Gasteiger partial charge is 0.315 e. The maximum atomic E-state index is 14.6. The van der Waals surface area contributed by atoms with E-state index in [0.717, 1.165) is 18.4 Å². The summed E-state index contributed by atoms with van der Waals surface area (Å²) in [5.41, 5.74) is -2.93. The number of aliphatic hydroxyl groups is 7. The van der Waals surface area contributed by atoms with Crippen LogP contribution >= 0.6 is 0 Å². The van der Waals surface area contributed by atoms with Crippen molar-refractivity contribution in [1.29, 1.82) is 0 Å². The van der Waals surface area contributed by atoms with Crippen LogP contribution in [0.5, 0.6) is 0 Å². The Morgan fingerprint density at radius 2 is 1.43 bits per heavy atom. The van der Waals surface area contributed by atoms with Gasteiger partial charge in [0.2, 0.25) is 6.29 Å². The Kier molecular flexibility index (Phi) is 11.0. The van der Waals surface area contributed by atoms with Crippen molar-refractivity contribution >= 4 is 11.9 Å². The quantitative estimate of drug-likeness (QED) is 0.110. The van der Waals surface area contributed by atoms with E-state index in [-0.39, 0.29) is 48.0 Å². The molecule has 3 unspecified atom stereocenters. The lowest BCUT2D eigenvalue weighted by Crippen LogP contribution is -2.68. The third-order valence-electron chi connectivity index (χ3n) is 17.3. The van der Waals surface area contributed by atoms with E-state index in [2.05, 4.69) is 47.6 Å². The largest absolute Gasteiger partial charge is 0.481 e. The Hall–Kier alpha value is -1.72. The lowest BCUT2D eigenvalue weighted by Gasteiger charge is -2.70. The lowest BCUT2D eigenvalue weighted by atomic mass is 9.33. The molecule has 6 fully saturated rings. The molecule has 0 spiro atoms. The molecule has 0 aromatic heterocycles. The summed E-state index contributed by atoms with van der Waals surface area (Å²) in [4.78, 5) is 28.8. The second kappa shape index (κ2) is 14.5. The van der Waals surface area contributed by atoms with Crippen LogP contribution in [0.2, 0.25) is 0 Å². The second-order valence-corrected chi connectivity index (χ2v) is 20.0. The van der Waals surface area contributed by atoms with Crippen LogP contribution in [-0.4, -0.2) is 127 Å². The van der Waals surface area contributed by atoms with Crippen molar-refractivity contribution in [1.82, 2.24) is 0 Å². The minimum Gasteiger partial charge on any atom is -0.481 e. The fourth-order valence-corrected chi connectivity index (χ4v) is 13.9. The Morgan fingerprint density at radius 3 is 2.09 bits per heavy atom. The fraction of sp³-hybridized carbons (Fsp3) is 0.905. The highest BCUT2D eigenvalue weighted by molar-refractivity contribution is 5.85. The summed E-state index contributed by atoms with van der Waals surface area (Å²) in [6.07, 6.45) is -6.91. The zero-order valence-electron chi connectivity index (χ0n) is 33.9. The van der Waals surface area contributed by atoms with Gasteiger partial charge in [-0.15, -0.1) is 0 Å². The molecule has 8 N–H and O–H groups in total. The number of fused-ring (bicyclic) bond motifs is 7. The highest BCUT2D eigenvalue weighted by Crippen LogP contribution is 2.76. The standard InChI is InChI=1S/C42H66O14/c1-19-10-15-41(37(52)56-35-33(49)31(47)29(45)23(18-43)54-35)16-17-42(36(50)51)22(27(41)20(19)2)8-9-25-39(6)13-12-26(38(4,5)24(39)11-14-40(25,42)7)55-34-32(48)30(46)28(44)21(3)53-34/h8,19-21,23-35,43-49H,9-18H2,1-7H3,(H,50,51)/t19-,20+,21-,23-,24?,25?,26+,27?,28-,29-,30+,31+,32-,33-,34+,35+,39+,40-,41+,42-/m1/s1. The normalized spacial score (nSPS) is 54.0. The van der Waals surface area contributed by atoms with Gasteiger partial charge in [-0.1, -0.05) is 53.2 Å². The molecule has 0 amide bonds. The van der Waals surface area contributed by atoms with Gasteiger partial charge in [-0.3, -0.25) is 9.59 Å². The Labute approximate surface area is 329 Å². The molecule has 2 aliphatic heterocycles. The summed E-state index contributed by atoms with van der Waals surface area (Å²) in [7, 11) is 0. The molecule has 0 bridgehead atoms. The average molecular weight is 795 g/mol. The van der Waals surface area contributed by atoms with Crippen molar-refractivity contribution in [3.05, 3.63) is 11.6 Å². The predicted molar refractivity (Wildman–Crippen MR) is 198 cm³/mol. The number of carboxylic acids is 1. The van der Waals surface area contributed by atoms with Crippen molar-refractivity contribution in [2.75, 3.05) is 6.61 Å². The molecule has 2 saturated heterocycles. The van der Waals surface area contributed by atoms with Crippen LogP contribution in [0.4, 0.5) is 0 Å². The zero-order valence-corrected chi connectivity index (χ0v) is 33.9. The highest BCUT2D eigenvalue weighted by atomic mass is 16.7. The van der Waals surface area contributed by atoms with E-state index in [1.165, 1.54) is 0 Å². The lowest BCUT2D eigenvalue weighted by molar-refractivity contribution is -0.324. The van der Waals surface area contributed by atoms with Crippen LogP contribution in [0.1, 0.15) is 106 Å². The maximum Gasteiger partial charge on any atom is 0.315 e. The molecule has 2 heterocycles. The van der Waals surface area contributed by atoms with Gasteiger partial charge in [-0.2, -0.15) is 0 Å². The molecule has 0 aromatic rings. The van der Waals surface area contributed by atoms with Crippen LogP contribution in [0.3, 0.4) is 0 Å². The van der Waals surface area contributed by atoms with Crippen LogP contribution < -0.4 is 0 Å². The molecule has 318 valence electrons. The number of aliphatic hydroxyl groups excluding tert-OH is 7. The number of carbonyl (C=O) groups is 2. The molecule has 0 radical (unpaired) electrons. The summed E-state index contributed by atoms with van der Waals surface area (Å²) in [6, 6.07) is 0. The molecular weight excluding hydrogens is 728 g/mol. The van der Waals surface area contributed by atoms with E-state index in [4.69, 9.17) is 18.9 Å². The number of carboxylic acid groups (broad SMARTS) is 1. The molecule has 14 heteroatoms. The molecule has 4 saturated carbocycles. The second-order valence-electron chi connectivity index (χ2n) is 20.0. The minimum atomic E-state index is -1.74. The number of aliphatic carboxylic acids is 1. The Bertz CT molecular complexity index is 1550. The van der Waals surface area contributed by atoms with Crippen molar-refractivity contribution in [3.63, 3.8) is 0 Å². The summed E-state index contributed by atoms with van der Waals surface area (Å²) in [5.74, 6) is -1.73. The van der Waals surface area contributed by atoms with E-state index in [1.807, 2.05) is 0 Å². The van der Waals surface area contributed by atoms with Gasteiger partial charge in [-0.05, 0) is 111 Å². The molecule has 56 heavy (non-hydrogen) atoms. The number of allylic oxidation sites excluding steroid dienone is 1. The number of esters is 1.